The first kappa shape index (κ1) is 19.4. The number of likely N-dealkylation sites (tertiary alicyclic amines) is 1. The lowest BCUT2D eigenvalue weighted by Crippen LogP contribution is -2.46. The molecule has 1 N–H and O–H groups in total. The molecule has 146 valence electrons. The number of carbonyl (C=O) groups excluding carboxylic acids is 3. The Morgan fingerprint density at radius 1 is 1.14 bits per heavy atom. The summed E-state index contributed by atoms with van der Waals surface area (Å²) >= 11 is 0. The van der Waals surface area contributed by atoms with Crippen LogP contribution in [0.25, 0.3) is 6.08 Å². The monoisotopic (exact) mass is 382 g/mol. The Hall–Kier alpha value is -3.35. The smallest absolute Gasteiger partial charge is 0.337 e. The number of nitrogens with zero attached hydrogens (tertiary/aromatic N) is 1. The molecule has 2 aromatic rings. The van der Waals surface area contributed by atoms with Gasteiger partial charge in [0, 0.05) is 25.2 Å². The van der Waals surface area contributed by atoms with Gasteiger partial charge in [-0.15, -0.1) is 0 Å². The Kier molecular flexibility index (Phi) is 6.26. The summed E-state index contributed by atoms with van der Waals surface area (Å²) in [4.78, 5) is 37.5. The Balaban J connectivity index is 1.46. The number of nitrogens with one attached hydrogen (secondary N) is 1. The number of hydrogen-bond donors (Lipinski definition) is 1. The predicted molar refractivity (Wildman–Crippen MR) is 103 cm³/mol. The number of furan rings is 1. The van der Waals surface area contributed by atoms with Crippen molar-refractivity contribution in [1.29, 1.82) is 0 Å². The van der Waals surface area contributed by atoms with Crippen LogP contribution in [-0.4, -0.2) is 48.9 Å². The van der Waals surface area contributed by atoms with E-state index >= 15 is 0 Å². The summed E-state index contributed by atoms with van der Waals surface area (Å²) in [6, 6.07) is 10.2. The van der Waals surface area contributed by atoms with Crippen molar-refractivity contribution in [3.63, 3.8) is 0 Å². The number of ether oxygens (including phenoxy) is 1. The molecule has 2 heterocycles. The van der Waals surface area contributed by atoms with Gasteiger partial charge in [-0.1, -0.05) is 12.1 Å². The summed E-state index contributed by atoms with van der Waals surface area (Å²) < 4.78 is 9.80. The maximum Gasteiger partial charge on any atom is 0.337 e. The standard InChI is InChI=1S/C21H22N2O5/c1-27-21(26)16-7-4-15(5-8-16)6-9-19(24)22-17-10-12-23(13-11-17)20(25)18-3-2-14-28-18/h2-9,14,17H,10-13H2,1H3,(H,22,24)/b9-6+. The number of piperidine rings is 1. The van der Waals surface area contributed by atoms with Gasteiger partial charge in [0.25, 0.3) is 5.91 Å². The minimum Gasteiger partial charge on any atom is -0.465 e. The first-order valence-electron chi connectivity index (χ1n) is 9.06. The highest BCUT2D eigenvalue weighted by Crippen LogP contribution is 2.14. The molecular weight excluding hydrogens is 360 g/mol. The van der Waals surface area contributed by atoms with Gasteiger partial charge in [-0.25, -0.2) is 4.79 Å². The first-order chi connectivity index (χ1) is 13.6. The molecule has 7 heteroatoms. The average Bonchev–Trinajstić information content (AvgIpc) is 3.27. The Morgan fingerprint density at radius 3 is 2.46 bits per heavy atom. The van der Waals surface area contributed by atoms with E-state index in [1.54, 1.807) is 47.4 Å². The molecule has 2 amide bonds. The minimum absolute atomic E-state index is 0.0273. The van der Waals surface area contributed by atoms with Gasteiger partial charge in [0.1, 0.15) is 0 Å². The average molecular weight is 382 g/mol. The first-order valence-corrected chi connectivity index (χ1v) is 9.06. The number of benzene rings is 1. The van der Waals surface area contributed by atoms with Crippen LogP contribution >= 0.6 is 0 Å². The molecule has 0 bridgehead atoms. The largest absolute Gasteiger partial charge is 0.465 e. The summed E-state index contributed by atoms with van der Waals surface area (Å²) in [5.41, 5.74) is 1.27. The molecule has 0 spiro atoms. The van der Waals surface area contributed by atoms with E-state index in [2.05, 4.69) is 10.1 Å². The van der Waals surface area contributed by atoms with Crippen molar-refractivity contribution < 1.29 is 23.5 Å². The van der Waals surface area contributed by atoms with E-state index < -0.39 is 5.97 Å². The zero-order chi connectivity index (χ0) is 19.9. The van der Waals surface area contributed by atoms with Gasteiger partial charge in [-0.2, -0.15) is 0 Å². The van der Waals surface area contributed by atoms with E-state index in [0.29, 0.717) is 37.3 Å². The molecule has 28 heavy (non-hydrogen) atoms. The molecule has 3 rings (SSSR count). The Morgan fingerprint density at radius 2 is 1.86 bits per heavy atom. The van der Waals surface area contributed by atoms with Gasteiger partial charge < -0.3 is 19.4 Å². The van der Waals surface area contributed by atoms with E-state index in [-0.39, 0.29) is 17.9 Å². The summed E-state index contributed by atoms with van der Waals surface area (Å²) in [7, 11) is 1.33. The number of esters is 1. The Bertz CT molecular complexity index is 847. The molecule has 1 saturated heterocycles. The maximum absolute atomic E-state index is 12.2. The number of rotatable bonds is 5. The summed E-state index contributed by atoms with van der Waals surface area (Å²) in [6.07, 6.45) is 6.02. The fourth-order valence-electron chi connectivity index (χ4n) is 3.05. The van der Waals surface area contributed by atoms with E-state index in [1.807, 2.05) is 0 Å². The highest BCUT2D eigenvalue weighted by molar-refractivity contribution is 5.93. The second-order valence-corrected chi connectivity index (χ2v) is 6.50. The molecule has 0 saturated carbocycles. The van der Waals surface area contributed by atoms with E-state index in [1.165, 1.54) is 19.4 Å². The third-order valence-electron chi connectivity index (χ3n) is 4.62. The summed E-state index contributed by atoms with van der Waals surface area (Å²) in [6.45, 7) is 1.15. The van der Waals surface area contributed by atoms with E-state index in [9.17, 15) is 14.4 Å². The molecule has 1 aromatic heterocycles. The van der Waals surface area contributed by atoms with Crippen molar-refractivity contribution in [1.82, 2.24) is 10.2 Å². The van der Waals surface area contributed by atoms with Crippen LogP contribution in [-0.2, 0) is 9.53 Å². The molecule has 1 fully saturated rings. The molecule has 1 aliphatic heterocycles. The van der Waals surface area contributed by atoms with Gasteiger partial charge in [-0.05, 0) is 48.7 Å². The molecular formula is C21H22N2O5. The second kappa shape index (κ2) is 9.03. The number of hydrogen-bond acceptors (Lipinski definition) is 5. The van der Waals surface area contributed by atoms with Crippen molar-refractivity contribution >= 4 is 23.9 Å². The van der Waals surface area contributed by atoms with Crippen LogP contribution in [0.5, 0.6) is 0 Å². The predicted octanol–water partition coefficient (Wildman–Crippen LogP) is 2.50. The maximum atomic E-state index is 12.2. The van der Waals surface area contributed by atoms with Gasteiger partial charge in [0.2, 0.25) is 5.91 Å². The minimum atomic E-state index is -0.398. The van der Waals surface area contributed by atoms with Crippen LogP contribution in [0.1, 0.15) is 39.3 Å². The zero-order valence-corrected chi connectivity index (χ0v) is 15.6. The van der Waals surface area contributed by atoms with Crippen LogP contribution < -0.4 is 5.32 Å². The third kappa shape index (κ3) is 4.88. The molecule has 1 aromatic carbocycles. The highest BCUT2D eigenvalue weighted by Gasteiger charge is 2.25. The van der Waals surface area contributed by atoms with Crippen LogP contribution in [0, 0.1) is 0 Å². The van der Waals surface area contributed by atoms with Gasteiger partial charge in [-0.3, -0.25) is 9.59 Å². The lowest BCUT2D eigenvalue weighted by atomic mass is 10.0. The fraction of sp³-hybridized carbons (Fsp3) is 0.286. The normalized spacial score (nSPS) is 14.8. The van der Waals surface area contributed by atoms with Crippen LogP contribution in [0.2, 0.25) is 0 Å². The van der Waals surface area contributed by atoms with E-state index in [4.69, 9.17) is 4.42 Å². The van der Waals surface area contributed by atoms with Crippen LogP contribution in [0.4, 0.5) is 0 Å². The quantitative estimate of drug-likeness (QED) is 0.634. The van der Waals surface area contributed by atoms with Crippen molar-refractivity contribution in [3.8, 4) is 0 Å². The van der Waals surface area contributed by atoms with Crippen molar-refractivity contribution in [3.05, 3.63) is 65.6 Å². The molecule has 1 aliphatic rings. The van der Waals surface area contributed by atoms with Gasteiger partial charge >= 0.3 is 5.97 Å². The van der Waals surface area contributed by atoms with E-state index in [0.717, 1.165) is 5.56 Å². The van der Waals surface area contributed by atoms with Crippen molar-refractivity contribution in [2.24, 2.45) is 0 Å². The molecule has 0 aliphatic carbocycles. The van der Waals surface area contributed by atoms with Crippen LogP contribution in [0.15, 0.2) is 53.2 Å². The SMILES string of the molecule is COC(=O)c1ccc(/C=C/C(=O)NC2CCN(C(=O)c3ccco3)CC2)cc1. The number of carbonyl (C=O) groups is 3. The van der Waals surface area contributed by atoms with Crippen molar-refractivity contribution in [2.75, 3.05) is 20.2 Å². The lowest BCUT2D eigenvalue weighted by molar-refractivity contribution is -0.117. The number of amides is 2. The van der Waals surface area contributed by atoms with Gasteiger partial charge in [0.05, 0.1) is 18.9 Å². The number of methoxy groups -OCH3 is 1. The molecule has 0 atom stereocenters. The lowest BCUT2D eigenvalue weighted by Gasteiger charge is -2.31. The molecule has 7 nitrogen and oxygen atoms in total. The Labute approximate surface area is 163 Å². The summed E-state index contributed by atoms with van der Waals surface area (Å²) in [5.74, 6) is -0.369. The fourth-order valence-corrected chi connectivity index (χ4v) is 3.05. The summed E-state index contributed by atoms with van der Waals surface area (Å²) in [5, 5.41) is 2.96. The van der Waals surface area contributed by atoms with Gasteiger partial charge in [0.15, 0.2) is 5.76 Å². The highest BCUT2D eigenvalue weighted by atomic mass is 16.5. The van der Waals surface area contributed by atoms with Crippen molar-refractivity contribution in [2.45, 2.75) is 18.9 Å². The second-order valence-electron chi connectivity index (χ2n) is 6.50. The molecule has 0 unspecified atom stereocenters. The molecule has 0 radical (unpaired) electrons. The third-order valence-corrected chi connectivity index (χ3v) is 4.62. The van der Waals surface area contributed by atoms with Crippen LogP contribution in [0.3, 0.4) is 0 Å². The zero-order valence-electron chi connectivity index (χ0n) is 15.6. The topological polar surface area (TPSA) is 88.9 Å².